The lowest BCUT2D eigenvalue weighted by atomic mass is 9.47. The normalized spacial score (nSPS) is 39.6. The summed E-state index contributed by atoms with van der Waals surface area (Å²) >= 11 is 0. The fourth-order valence-electron chi connectivity index (χ4n) is 10.0. The number of carbonyl (C=O) groups is 5. The molecule has 7 fully saturated rings. The van der Waals surface area contributed by atoms with Crippen LogP contribution in [0.15, 0.2) is 0 Å². The number of nitrogens with one attached hydrogen (secondary N) is 3. The first kappa shape index (κ1) is 29.2. The number of carbonyl (C=O) groups excluding carboxylic acids is 5. The number of fused-ring (bicyclic) bond motifs is 2. The molecule has 42 heavy (non-hydrogen) atoms. The van der Waals surface area contributed by atoms with Crippen molar-refractivity contribution in [3.8, 4) is 0 Å². The molecule has 0 aromatic rings. The molecular formula is C29H40F3N5O5. The topological polar surface area (TPSA) is 151 Å². The van der Waals surface area contributed by atoms with E-state index in [0.717, 1.165) is 19.3 Å². The largest absolute Gasteiger partial charge is 0.471 e. The van der Waals surface area contributed by atoms with Crippen molar-refractivity contribution in [2.24, 2.45) is 46.7 Å². The van der Waals surface area contributed by atoms with Crippen LogP contribution in [0.1, 0.15) is 71.1 Å². The zero-order valence-electron chi connectivity index (χ0n) is 23.8. The number of alkyl halides is 3. The average molecular weight is 596 g/mol. The first-order chi connectivity index (χ1) is 19.8. The summed E-state index contributed by atoms with van der Waals surface area (Å²) in [5, 5.41) is 7.50. The summed E-state index contributed by atoms with van der Waals surface area (Å²) in [4.78, 5) is 66.5. The third kappa shape index (κ3) is 5.04. The SMILES string of the molecule is CC1C[C@@H]2C[C@H]1[C@@H](C(=O)N[C@@H](C[C@@H]1CCNC1=O)C(N)=O)N2C(=O)[C@@H](NC(=O)C(F)(F)F)C12CC3CC(CC(C3)C1)C2. The van der Waals surface area contributed by atoms with Crippen LogP contribution in [0.4, 0.5) is 13.2 Å². The van der Waals surface area contributed by atoms with Crippen molar-refractivity contribution >= 4 is 29.5 Å². The second-order valence-electron chi connectivity index (χ2n) is 14.1. The second-order valence-corrected chi connectivity index (χ2v) is 14.1. The monoisotopic (exact) mass is 595 g/mol. The molecule has 5 aliphatic carbocycles. The first-order valence-electron chi connectivity index (χ1n) is 15.3. The molecular weight excluding hydrogens is 555 g/mol. The lowest BCUT2D eigenvalue weighted by molar-refractivity contribution is -0.179. The lowest BCUT2D eigenvalue weighted by Gasteiger charge is -2.59. The van der Waals surface area contributed by atoms with Crippen molar-refractivity contribution in [1.29, 1.82) is 0 Å². The van der Waals surface area contributed by atoms with Gasteiger partial charge in [0.1, 0.15) is 18.1 Å². The van der Waals surface area contributed by atoms with Gasteiger partial charge in [-0.05, 0) is 93.8 Å². The molecule has 0 aromatic carbocycles. The number of nitrogens with zero attached hydrogens (tertiary/aromatic N) is 1. The van der Waals surface area contributed by atoms with E-state index < -0.39 is 59.3 Å². The molecule has 0 aromatic heterocycles. The number of likely N-dealkylation sites (tertiary alicyclic amines) is 1. The fraction of sp³-hybridized carbons (Fsp3) is 0.828. The summed E-state index contributed by atoms with van der Waals surface area (Å²) in [5.74, 6) is -4.14. The standard InChI is InChI=1S/C29H40F3N5O5/c1-13-4-18-9-19(13)21(25(40)35-20(23(33)38)8-17-2-3-34-24(17)39)37(18)26(41)22(36-27(42)29(30,31)32)28-10-14-5-15(11-28)7-16(6-14)12-28/h13-22H,2-12H2,1H3,(H2,33,38)(H,34,39)(H,35,40)(H,36,42)/t13?,14?,15?,16?,17-,18+,19+,20-,21-,22+,28?/m0/s1. The summed E-state index contributed by atoms with van der Waals surface area (Å²) < 4.78 is 40.7. The van der Waals surface area contributed by atoms with Gasteiger partial charge in [0.25, 0.3) is 0 Å². The first-order valence-corrected chi connectivity index (χ1v) is 15.3. The zero-order chi connectivity index (χ0) is 30.1. The number of nitrogens with two attached hydrogens (primary N) is 1. The minimum Gasteiger partial charge on any atom is -0.368 e. The molecule has 7 rings (SSSR count). The van der Waals surface area contributed by atoms with Gasteiger partial charge in [0.05, 0.1) is 0 Å². The van der Waals surface area contributed by atoms with Crippen LogP contribution in [0.3, 0.4) is 0 Å². The van der Waals surface area contributed by atoms with Gasteiger partial charge in [-0.1, -0.05) is 6.92 Å². The Kier molecular flexibility index (Phi) is 7.23. The smallest absolute Gasteiger partial charge is 0.368 e. The molecule has 0 radical (unpaired) electrons. The Balaban J connectivity index is 1.29. The maximum atomic E-state index is 14.5. The molecule has 232 valence electrons. The maximum absolute atomic E-state index is 14.5. The summed E-state index contributed by atoms with van der Waals surface area (Å²) in [5.41, 5.74) is 4.81. The maximum Gasteiger partial charge on any atom is 0.471 e. The summed E-state index contributed by atoms with van der Waals surface area (Å²) in [6.45, 7) is 2.44. The summed E-state index contributed by atoms with van der Waals surface area (Å²) in [6, 6.07) is -3.90. The highest BCUT2D eigenvalue weighted by Gasteiger charge is 2.62. The van der Waals surface area contributed by atoms with Crippen LogP contribution >= 0.6 is 0 Å². The number of hydrogen-bond acceptors (Lipinski definition) is 5. The Morgan fingerprint density at radius 2 is 1.64 bits per heavy atom. The molecule has 1 unspecified atom stereocenters. The van der Waals surface area contributed by atoms with Crippen LogP contribution in [-0.2, 0) is 24.0 Å². The molecule has 2 saturated heterocycles. The molecule has 7 aliphatic rings. The van der Waals surface area contributed by atoms with E-state index in [1.807, 2.05) is 6.92 Å². The van der Waals surface area contributed by atoms with Crippen LogP contribution in [0.25, 0.3) is 0 Å². The van der Waals surface area contributed by atoms with Gasteiger partial charge in [-0.15, -0.1) is 0 Å². The molecule has 0 spiro atoms. The zero-order valence-corrected chi connectivity index (χ0v) is 23.8. The van der Waals surface area contributed by atoms with Crippen LogP contribution in [0.2, 0.25) is 0 Å². The van der Waals surface area contributed by atoms with Gasteiger partial charge in [-0.3, -0.25) is 24.0 Å². The molecule has 10 nitrogen and oxygen atoms in total. The van der Waals surface area contributed by atoms with Crippen molar-refractivity contribution in [1.82, 2.24) is 20.9 Å². The molecule has 7 atom stereocenters. The number of hydrogen-bond donors (Lipinski definition) is 4. The number of piperidine rings is 1. The quantitative estimate of drug-likeness (QED) is 0.334. The number of halogens is 3. The van der Waals surface area contributed by atoms with E-state index in [1.54, 1.807) is 0 Å². The van der Waals surface area contributed by atoms with Gasteiger partial charge in [0.15, 0.2) is 0 Å². The Hall–Kier alpha value is -2.86. The van der Waals surface area contributed by atoms with E-state index in [4.69, 9.17) is 5.73 Å². The van der Waals surface area contributed by atoms with Gasteiger partial charge in [-0.25, -0.2) is 0 Å². The van der Waals surface area contributed by atoms with Gasteiger partial charge in [-0.2, -0.15) is 13.2 Å². The minimum atomic E-state index is -5.16. The highest BCUT2D eigenvalue weighted by molar-refractivity contribution is 5.96. The van der Waals surface area contributed by atoms with Crippen molar-refractivity contribution in [2.75, 3.05) is 6.54 Å². The molecule has 6 bridgehead atoms. The van der Waals surface area contributed by atoms with Crippen LogP contribution in [0.5, 0.6) is 0 Å². The number of primary amides is 1. The van der Waals surface area contributed by atoms with Crippen molar-refractivity contribution in [3.05, 3.63) is 0 Å². The Morgan fingerprint density at radius 3 is 2.17 bits per heavy atom. The van der Waals surface area contributed by atoms with Crippen LogP contribution in [0, 0.1) is 40.9 Å². The predicted octanol–water partition coefficient (Wildman–Crippen LogP) is 1.37. The number of amides is 5. The lowest BCUT2D eigenvalue weighted by Crippen LogP contribution is -2.67. The Labute approximate surface area is 242 Å². The van der Waals surface area contributed by atoms with Crippen LogP contribution < -0.4 is 21.7 Å². The van der Waals surface area contributed by atoms with Gasteiger partial charge in [0.2, 0.25) is 23.6 Å². The van der Waals surface area contributed by atoms with Gasteiger partial charge >= 0.3 is 12.1 Å². The van der Waals surface area contributed by atoms with Crippen molar-refractivity contribution in [2.45, 2.75) is 101 Å². The fourth-order valence-corrected chi connectivity index (χ4v) is 10.0. The van der Waals surface area contributed by atoms with E-state index >= 15 is 0 Å². The average Bonchev–Trinajstić information content (AvgIpc) is 3.58. The van der Waals surface area contributed by atoms with Crippen molar-refractivity contribution < 1.29 is 37.1 Å². The minimum absolute atomic E-state index is 0.0226. The van der Waals surface area contributed by atoms with Gasteiger partial charge in [0, 0.05) is 23.9 Å². The third-order valence-corrected chi connectivity index (χ3v) is 11.4. The molecule has 13 heteroatoms. The predicted molar refractivity (Wildman–Crippen MR) is 142 cm³/mol. The van der Waals surface area contributed by atoms with E-state index in [-0.39, 0.29) is 30.2 Å². The highest BCUT2D eigenvalue weighted by atomic mass is 19.4. The Morgan fingerprint density at radius 1 is 1.02 bits per heavy atom. The van der Waals surface area contributed by atoms with E-state index in [0.29, 0.717) is 62.8 Å². The van der Waals surface area contributed by atoms with Crippen molar-refractivity contribution in [3.63, 3.8) is 0 Å². The molecule has 5 amide bonds. The molecule has 2 heterocycles. The van der Waals surface area contributed by atoms with E-state index in [1.165, 1.54) is 4.90 Å². The van der Waals surface area contributed by atoms with E-state index in [2.05, 4.69) is 16.0 Å². The second kappa shape index (κ2) is 10.4. The van der Waals surface area contributed by atoms with Crippen LogP contribution in [-0.4, -0.2) is 71.3 Å². The molecule has 2 aliphatic heterocycles. The van der Waals surface area contributed by atoms with Gasteiger partial charge < -0.3 is 26.6 Å². The summed E-state index contributed by atoms with van der Waals surface area (Å²) in [6.07, 6.45) is 1.21. The molecule has 5 N–H and O–H groups in total. The highest BCUT2D eigenvalue weighted by Crippen LogP contribution is 2.62. The third-order valence-electron chi connectivity index (χ3n) is 11.4. The molecule has 5 saturated carbocycles. The summed E-state index contributed by atoms with van der Waals surface area (Å²) in [7, 11) is 0. The number of rotatable bonds is 8. The Bertz CT molecular complexity index is 1140. The van der Waals surface area contributed by atoms with E-state index in [9.17, 15) is 37.1 Å².